The van der Waals surface area contributed by atoms with Crippen LogP contribution in [0.5, 0.6) is 5.75 Å². The van der Waals surface area contributed by atoms with E-state index in [4.69, 9.17) is 4.74 Å². The van der Waals surface area contributed by atoms with Gasteiger partial charge in [-0.3, -0.25) is 19.9 Å². The molecule has 0 amide bonds. The van der Waals surface area contributed by atoms with Crippen molar-refractivity contribution in [2.45, 2.75) is 19.0 Å². The van der Waals surface area contributed by atoms with Gasteiger partial charge in [0.2, 0.25) is 0 Å². The van der Waals surface area contributed by atoms with Gasteiger partial charge < -0.3 is 10.1 Å². The summed E-state index contributed by atoms with van der Waals surface area (Å²) >= 11 is 0. The summed E-state index contributed by atoms with van der Waals surface area (Å²) in [5.41, 5.74) is 2.73. The first-order valence-corrected chi connectivity index (χ1v) is 10.0. The normalized spacial score (nSPS) is 13.0. The standard InChI is InChI=1S/C25H23N3O3/c1-16(17-9-4-3-5-10-17)27-21(20-13-6-7-14-26-20)18-11-8-12-19(15-18)28-22-23(29)24(30)25(22)31-2/h3-16,21,27-28H,1-2H3/t16-,21?/m0/s1. The van der Waals surface area contributed by atoms with Gasteiger partial charge in [-0.1, -0.05) is 48.5 Å². The van der Waals surface area contributed by atoms with Crippen LogP contribution in [0.15, 0.2) is 88.6 Å². The number of nitrogens with one attached hydrogen (secondary N) is 2. The van der Waals surface area contributed by atoms with Gasteiger partial charge in [0.1, 0.15) is 5.69 Å². The van der Waals surface area contributed by atoms with Crippen molar-refractivity contribution in [2.75, 3.05) is 12.4 Å². The second-order valence-electron chi connectivity index (χ2n) is 7.30. The number of methoxy groups -OCH3 is 1. The number of anilines is 2. The monoisotopic (exact) mass is 413 g/mol. The molecule has 1 aromatic heterocycles. The third kappa shape index (κ3) is 4.25. The van der Waals surface area contributed by atoms with Gasteiger partial charge in [0, 0.05) is 17.9 Å². The quantitative estimate of drug-likeness (QED) is 0.427. The average molecular weight is 413 g/mol. The second-order valence-corrected chi connectivity index (χ2v) is 7.30. The third-order valence-corrected chi connectivity index (χ3v) is 5.26. The van der Waals surface area contributed by atoms with E-state index in [2.05, 4.69) is 34.7 Å². The van der Waals surface area contributed by atoms with Crippen LogP contribution in [-0.2, 0) is 0 Å². The van der Waals surface area contributed by atoms with Crippen molar-refractivity contribution >= 4 is 11.4 Å². The molecule has 1 heterocycles. The Labute approximate surface area is 180 Å². The van der Waals surface area contributed by atoms with Crippen LogP contribution < -0.4 is 26.2 Å². The summed E-state index contributed by atoms with van der Waals surface area (Å²) in [6, 6.07) is 23.6. The summed E-state index contributed by atoms with van der Waals surface area (Å²) in [5.74, 6) is 0.0625. The van der Waals surface area contributed by atoms with Crippen LogP contribution >= 0.6 is 0 Å². The number of aromatic nitrogens is 1. The van der Waals surface area contributed by atoms with E-state index >= 15 is 0 Å². The summed E-state index contributed by atoms with van der Waals surface area (Å²) in [5, 5.41) is 6.69. The molecule has 6 heteroatoms. The smallest absolute Gasteiger partial charge is 0.272 e. The lowest BCUT2D eigenvalue weighted by molar-refractivity contribution is 0.408. The van der Waals surface area contributed by atoms with E-state index in [0.29, 0.717) is 5.69 Å². The van der Waals surface area contributed by atoms with Gasteiger partial charge in [0.25, 0.3) is 10.9 Å². The Morgan fingerprint density at radius 1 is 0.871 bits per heavy atom. The van der Waals surface area contributed by atoms with E-state index in [-0.39, 0.29) is 23.5 Å². The highest BCUT2D eigenvalue weighted by atomic mass is 16.5. The molecule has 156 valence electrons. The minimum Gasteiger partial charge on any atom is -0.491 e. The van der Waals surface area contributed by atoms with Gasteiger partial charge in [-0.15, -0.1) is 0 Å². The largest absolute Gasteiger partial charge is 0.491 e. The van der Waals surface area contributed by atoms with E-state index in [1.807, 2.05) is 60.7 Å². The number of ether oxygens (including phenoxy) is 1. The summed E-state index contributed by atoms with van der Waals surface area (Å²) < 4.78 is 5.03. The van der Waals surface area contributed by atoms with Crippen LogP contribution in [0.1, 0.15) is 35.8 Å². The molecule has 0 aliphatic carbocycles. The number of rotatable bonds is 8. The predicted molar refractivity (Wildman–Crippen MR) is 122 cm³/mol. The van der Waals surface area contributed by atoms with Crippen LogP contribution in [0.2, 0.25) is 0 Å². The molecule has 1 unspecified atom stereocenters. The first kappa shape index (κ1) is 20.5. The zero-order chi connectivity index (χ0) is 21.8. The van der Waals surface area contributed by atoms with Crippen molar-refractivity contribution < 1.29 is 4.74 Å². The Morgan fingerprint density at radius 2 is 1.61 bits per heavy atom. The lowest BCUT2D eigenvalue weighted by Gasteiger charge is -2.24. The highest BCUT2D eigenvalue weighted by Gasteiger charge is 2.23. The fourth-order valence-corrected chi connectivity index (χ4v) is 3.61. The van der Waals surface area contributed by atoms with Gasteiger partial charge in [-0.2, -0.15) is 0 Å². The fourth-order valence-electron chi connectivity index (χ4n) is 3.61. The molecular formula is C25H23N3O3. The number of hydrogen-bond donors (Lipinski definition) is 2. The van der Waals surface area contributed by atoms with Gasteiger partial charge in [0.15, 0.2) is 5.75 Å². The van der Waals surface area contributed by atoms with Crippen molar-refractivity contribution in [1.82, 2.24) is 10.3 Å². The van der Waals surface area contributed by atoms with Crippen molar-refractivity contribution in [2.24, 2.45) is 0 Å². The molecule has 3 aromatic carbocycles. The summed E-state index contributed by atoms with van der Waals surface area (Å²) in [6.07, 6.45) is 1.77. The molecule has 0 bridgehead atoms. The topological polar surface area (TPSA) is 80.3 Å². The first-order chi connectivity index (χ1) is 15.1. The Kier molecular flexibility index (Phi) is 5.91. The lowest BCUT2D eigenvalue weighted by Crippen LogP contribution is -2.34. The third-order valence-electron chi connectivity index (χ3n) is 5.26. The molecular weight excluding hydrogens is 390 g/mol. The minimum atomic E-state index is -0.606. The average Bonchev–Trinajstić information content (AvgIpc) is 2.83. The maximum absolute atomic E-state index is 11.9. The van der Waals surface area contributed by atoms with E-state index in [1.165, 1.54) is 12.7 Å². The van der Waals surface area contributed by atoms with Gasteiger partial charge >= 0.3 is 0 Å². The van der Waals surface area contributed by atoms with E-state index in [9.17, 15) is 9.59 Å². The Bertz CT molecular complexity index is 1230. The molecule has 0 saturated heterocycles. The predicted octanol–water partition coefficient (Wildman–Crippen LogP) is 3.87. The Hall–Kier alpha value is -3.77. The molecule has 0 fully saturated rings. The lowest BCUT2D eigenvalue weighted by atomic mass is 9.99. The number of pyridine rings is 1. The Morgan fingerprint density at radius 3 is 2.32 bits per heavy atom. The van der Waals surface area contributed by atoms with Crippen LogP contribution in [-0.4, -0.2) is 12.1 Å². The van der Waals surface area contributed by atoms with Gasteiger partial charge in [-0.05, 0) is 42.3 Å². The molecule has 0 radical (unpaired) electrons. The van der Waals surface area contributed by atoms with Crippen molar-refractivity contribution in [1.29, 1.82) is 0 Å². The number of hydrogen-bond acceptors (Lipinski definition) is 6. The number of nitrogens with zero attached hydrogens (tertiary/aromatic N) is 1. The molecule has 31 heavy (non-hydrogen) atoms. The number of benzene rings is 2. The molecule has 2 atom stereocenters. The van der Waals surface area contributed by atoms with Gasteiger partial charge in [-0.25, -0.2) is 0 Å². The SMILES string of the molecule is COc1c(Nc2cccc(C(N[C@@H](C)c3ccccc3)c3ccccn3)c2)c(=O)c1=O. The molecule has 6 nitrogen and oxygen atoms in total. The van der Waals surface area contributed by atoms with Crippen LogP contribution in [0.25, 0.3) is 0 Å². The minimum absolute atomic E-state index is 0.0625. The molecule has 0 saturated carbocycles. The van der Waals surface area contributed by atoms with Crippen molar-refractivity contribution in [3.05, 3.63) is 116 Å². The van der Waals surface area contributed by atoms with Gasteiger partial charge in [0.05, 0.1) is 18.8 Å². The molecule has 0 aliphatic heterocycles. The molecule has 4 rings (SSSR count). The van der Waals surface area contributed by atoms with Crippen LogP contribution in [0.3, 0.4) is 0 Å². The molecule has 2 N–H and O–H groups in total. The van der Waals surface area contributed by atoms with Crippen molar-refractivity contribution in [3.63, 3.8) is 0 Å². The zero-order valence-electron chi connectivity index (χ0n) is 17.3. The van der Waals surface area contributed by atoms with Crippen LogP contribution in [0.4, 0.5) is 11.4 Å². The summed E-state index contributed by atoms with van der Waals surface area (Å²) in [6.45, 7) is 2.11. The van der Waals surface area contributed by atoms with Crippen LogP contribution in [0, 0.1) is 0 Å². The second kappa shape index (κ2) is 8.93. The zero-order valence-corrected chi connectivity index (χ0v) is 17.3. The van der Waals surface area contributed by atoms with E-state index in [1.54, 1.807) is 6.20 Å². The summed E-state index contributed by atoms with van der Waals surface area (Å²) in [7, 11) is 1.38. The first-order valence-electron chi connectivity index (χ1n) is 10.0. The van der Waals surface area contributed by atoms with E-state index in [0.717, 1.165) is 11.3 Å². The molecule has 0 spiro atoms. The molecule has 0 aliphatic rings. The van der Waals surface area contributed by atoms with Crippen molar-refractivity contribution in [3.8, 4) is 5.75 Å². The molecule has 4 aromatic rings. The van der Waals surface area contributed by atoms with E-state index < -0.39 is 10.9 Å². The Balaban J connectivity index is 1.65. The highest BCUT2D eigenvalue weighted by molar-refractivity contribution is 5.70. The summed E-state index contributed by atoms with van der Waals surface area (Å²) in [4.78, 5) is 28.1. The maximum Gasteiger partial charge on any atom is 0.272 e. The maximum atomic E-state index is 11.9. The highest BCUT2D eigenvalue weighted by Crippen LogP contribution is 2.29. The fraction of sp³-hybridized carbons (Fsp3) is 0.160.